The molecule has 0 saturated heterocycles. The zero-order chi connectivity index (χ0) is 22.1. The molecule has 0 atom stereocenters. The molecule has 1 aliphatic rings. The molecule has 0 saturated carbocycles. The Labute approximate surface area is 183 Å². The van der Waals surface area contributed by atoms with E-state index in [9.17, 15) is 9.59 Å². The molecular weight excluding hydrogens is 396 g/mol. The summed E-state index contributed by atoms with van der Waals surface area (Å²) in [5.74, 6) is 1.87. The monoisotopic (exact) mass is 426 g/mol. The molecule has 2 aromatic rings. The van der Waals surface area contributed by atoms with Crippen molar-refractivity contribution < 1.29 is 23.5 Å². The Bertz CT molecular complexity index is 878. The van der Waals surface area contributed by atoms with Crippen molar-refractivity contribution in [1.82, 2.24) is 9.80 Å². The number of rotatable bonds is 12. The van der Waals surface area contributed by atoms with Crippen LogP contribution in [0.15, 0.2) is 53.7 Å². The van der Waals surface area contributed by atoms with Gasteiger partial charge in [-0.25, -0.2) is 0 Å². The number of fused-ring (bicyclic) bond motifs is 1. The Morgan fingerprint density at radius 2 is 1.90 bits per heavy atom. The number of ether oxygens (including phenoxy) is 2. The minimum Gasteiger partial charge on any atom is -0.467 e. The van der Waals surface area contributed by atoms with Crippen LogP contribution >= 0.6 is 0 Å². The van der Waals surface area contributed by atoms with Crippen LogP contribution in [0.2, 0.25) is 0 Å². The lowest BCUT2D eigenvalue weighted by Crippen LogP contribution is -2.42. The molecule has 0 fully saturated rings. The highest BCUT2D eigenvalue weighted by Crippen LogP contribution is 2.33. The van der Waals surface area contributed by atoms with Crippen molar-refractivity contribution in [2.24, 2.45) is 0 Å². The Hall–Kier alpha value is -3.22. The maximum Gasteiger partial charge on any atom is 0.242 e. The Morgan fingerprint density at radius 1 is 1.06 bits per heavy atom. The predicted octanol–water partition coefficient (Wildman–Crippen LogP) is 4.13. The van der Waals surface area contributed by atoms with E-state index in [1.165, 1.54) is 0 Å². The molecule has 7 heteroatoms. The lowest BCUT2D eigenvalue weighted by molar-refractivity contribution is -0.141. The zero-order valence-corrected chi connectivity index (χ0v) is 18.0. The maximum atomic E-state index is 13.2. The van der Waals surface area contributed by atoms with Crippen molar-refractivity contribution in [3.05, 3.63) is 60.6 Å². The summed E-state index contributed by atoms with van der Waals surface area (Å²) in [5, 5.41) is 0. The first-order valence-electron chi connectivity index (χ1n) is 10.7. The van der Waals surface area contributed by atoms with Gasteiger partial charge >= 0.3 is 0 Å². The van der Waals surface area contributed by atoms with Crippen molar-refractivity contribution >= 4 is 11.8 Å². The summed E-state index contributed by atoms with van der Waals surface area (Å²) in [7, 11) is 0. The minimum absolute atomic E-state index is 0.00222. The smallest absolute Gasteiger partial charge is 0.242 e. The molecule has 0 spiro atoms. The number of hydrogen-bond acceptors (Lipinski definition) is 5. The molecule has 2 amide bonds. The van der Waals surface area contributed by atoms with Crippen molar-refractivity contribution in [1.29, 1.82) is 0 Å². The lowest BCUT2D eigenvalue weighted by atomic mass is 10.1. The third-order valence-electron chi connectivity index (χ3n) is 5.11. The fourth-order valence-electron chi connectivity index (χ4n) is 3.44. The number of nitrogens with zero attached hydrogens (tertiary/aromatic N) is 2. The van der Waals surface area contributed by atoms with Gasteiger partial charge in [0.05, 0.1) is 12.8 Å². The van der Waals surface area contributed by atoms with E-state index >= 15 is 0 Å². The molecule has 2 heterocycles. The highest BCUT2D eigenvalue weighted by molar-refractivity contribution is 5.85. The second kappa shape index (κ2) is 11.2. The van der Waals surface area contributed by atoms with E-state index in [0.29, 0.717) is 43.3 Å². The molecule has 1 aromatic carbocycles. The van der Waals surface area contributed by atoms with Gasteiger partial charge in [0.1, 0.15) is 12.3 Å². The second-order valence-electron chi connectivity index (χ2n) is 7.54. The highest BCUT2D eigenvalue weighted by Gasteiger charge is 2.22. The quantitative estimate of drug-likeness (QED) is 0.377. The fraction of sp³-hybridized carbons (Fsp3) is 0.417. The van der Waals surface area contributed by atoms with E-state index in [0.717, 1.165) is 24.8 Å². The van der Waals surface area contributed by atoms with Crippen molar-refractivity contribution in [2.45, 2.75) is 45.7 Å². The van der Waals surface area contributed by atoms with E-state index in [4.69, 9.17) is 13.9 Å². The second-order valence-corrected chi connectivity index (χ2v) is 7.54. The van der Waals surface area contributed by atoms with Crippen molar-refractivity contribution in [3.63, 3.8) is 0 Å². The molecule has 1 aliphatic heterocycles. The van der Waals surface area contributed by atoms with E-state index in [1.54, 1.807) is 28.2 Å². The zero-order valence-electron chi connectivity index (χ0n) is 18.0. The summed E-state index contributed by atoms with van der Waals surface area (Å²) in [5.41, 5.74) is 0.911. The van der Waals surface area contributed by atoms with E-state index < -0.39 is 0 Å². The molecule has 1 aromatic heterocycles. The molecule has 0 bridgehead atoms. The van der Waals surface area contributed by atoms with Crippen LogP contribution in [0.3, 0.4) is 0 Å². The summed E-state index contributed by atoms with van der Waals surface area (Å²) in [6.45, 7) is 7.05. The summed E-state index contributed by atoms with van der Waals surface area (Å²) in [6, 6.07) is 9.25. The van der Waals surface area contributed by atoms with Gasteiger partial charge in [0.15, 0.2) is 11.5 Å². The van der Waals surface area contributed by atoms with Crippen LogP contribution in [0.25, 0.3) is 0 Å². The SMILES string of the molecule is C=CCN(CC(=O)N(Cc1ccc2c(c1)OCO2)Cc1ccco1)C(=O)CCCCC. The van der Waals surface area contributed by atoms with Crippen LogP contribution in [0.1, 0.15) is 43.9 Å². The summed E-state index contributed by atoms with van der Waals surface area (Å²) in [4.78, 5) is 29.1. The van der Waals surface area contributed by atoms with Crippen LogP contribution in [-0.2, 0) is 22.7 Å². The van der Waals surface area contributed by atoms with Crippen LogP contribution in [-0.4, -0.2) is 41.5 Å². The number of carbonyl (C=O) groups excluding carboxylic acids is 2. The van der Waals surface area contributed by atoms with Crippen LogP contribution in [0, 0.1) is 0 Å². The maximum absolute atomic E-state index is 13.2. The van der Waals surface area contributed by atoms with Gasteiger partial charge in [-0.1, -0.05) is 31.9 Å². The normalized spacial score (nSPS) is 11.9. The van der Waals surface area contributed by atoms with Gasteiger partial charge in [-0.15, -0.1) is 6.58 Å². The van der Waals surface area contributed by atoms with Gasteiger partial charge in [0.2, 0.25) is 18.6 Å². The van der Waals surface area contributed by atoms with Gasteiger partial charge in [0, 0.05) is 19.5 Å². The Kier molecular flexibility index (Phi) is 8.15. The lowest BCUT2D eigenvalue weighted by Gasteiger charge is -2.27. The van der Waals surface area contributed by atoms with Gasteiger partial charge in [-0.2, -0.15) is 0 Å². The molecule has 166 valence electrons. The van der Waals surface area contributed by atoms with Gasteiger partial charge < -0.3 is 23.7 Å². The molecule has 3 rings (SSSR count). The van der Waals surface area contributed by atoms with E-state index in [1.807, 2.05) is 24.3 Å². The Morgan fingerprint density at radius 3 is 2.65 bits per heavy atom. The number of amides is 2. The van der Waals surface area contributed by atoms with Crippen LogP contribution in [0.4, 0.5) is 0 Å². The standard InChI is InChI=1S/C24H30N2O5/c1-3-5-6-9-23(27)25(12-4-2)17-24(28)26(16-20-8-7-13-29-20)15-19-10-11-21-22(14-19)31-18-30-21/h4,7-8,10-11,13-14H,2-3,5-6,9,12,15-18H2,1H3. The highest BCUT2D eigenvalue weighted by atomic mass is 16.7. The third kappa shape index (κ3) is 6.38. The summed E-state index contributed by atoms with van der Waals surface area (Å²) >= 11 is 0. The van der Waals surface area contributed by atoms with Crippen molar-refractivity contribution in [2.75, 3.05) is 19.9 Å². The molecular formula is C24H30N2O5. The topological polar surface area (TPSA) is 72.2 Å². The third-order valence-corrected chi connectivity index (χ3v) is 5.11. The first kappa shape index (κ1) is 22.5. The molecule has 0 aliphatic carbocycles. The summed E-state index contributed by atoms with van der Waals surface area (Å²) < 4.78 is 16.3. The van der Waals surface area contributed by atoms with Gasteiger partial charge in [-0.05, 0) is 36.2 Å². The molecule has 0 N–H and O–H groups in total. The largest absolute Gasteiger partial charge is 0.467 e. The summed E-state index contributed by atoms with van der Waals surface area (Å²) in [6.07, 6.45) is 6.54. The van der Waals surface area contributed by atoms with E-state index in [2.05, 4.69) is 13.5 Å². The number of hydrogen-bond donors (Lipinski definition) is 0. The molecule has 31 heavy (non-hydrogen) atoms. The molecule has 0 unspecified atom stereocenters. The number of furan rings is 1. The van der Waals surface area contributed by atoms with Crippen molar-refractivity contribution in [3.8, 4) is 11.5 Å². The van der Waals surface area contributed by atoms with Gasteiger partial charge in [-0.3, -0.25) is 9.59 Å². The van der Waals surface area contributed by atoms with Crippen LogP contribution < -0.4 is 9.47 Å². The number of unbranched alkanes of at least 4 members (excludes halogenated alkanes) is 2. The van der Waals surface area contributed by atoms with Crippen LogP contribution in [0.5, 0.6) is 11.5 Å². The first-order chi connectivity index (χ1) is 15.1. The average Bonchev–Trinajstić information content (AvgIpc) is 3.44. The number of benzene rings is 1. The molecule has 7 nitrogen and oxygen atoms in total. The fourth-order valence-corrected chi connectivity index (χ4v) is 3.44. The van der Waals surface area contributed by atoms with E-state index in [-0.39, 0.29) is 25.2 Å². The molecule has 0 radical (unpaired) electrons. The Balaban J connectivity index is 1.71. The first-order valence-corrected chi connectivity index (χ1v) is 10.7. The number of carbonyl (C=O) groups is 2. The van der Waals surface area contributed by atoms with Gasteiger partial charge in [0.25, 0.3) is 0 Å². The minimum atomic E-state index is -0.153. The average molecular weight is 427 g/mol. The predicted molar refractivity (Wildman–Crippen MR) is 116 cm³/mol.